The van der Waals surface area contributed by atoms with Gasteiger partial charge in [0.25, 0.3) is 0 Å². The fraction of sp³-hybridized carbons (Fsp3) is 0.250. The molecule has 0 atom stereocenters. The first-order valence-corrected chi connectivity index (χ1v) is 1.99. The van der Waals surface area contributed by atoms with E-state index in [2.05, 4.69) is 4.74 Å². The summed E-state index contributed by atoms with van der Waals surface area (Å²) in [5.74, 6) is -4.25. The van der Waals surface area contributed by atoms with Gasteiger partial charge in [-0.1, -0.05) is 0 Å². The molecule has 0 saturated heterocycles. The van der Waals surface area contributed by atoms with Crippen molar-refractivity contribution in [3.05, 3.63) is 0 Å². The van der Waals surface area contributed by atoms with Crippen molar-refractivity contribution in [2.24, 2.45) is 0 Å². The quantitative estimate of drug-likeness (QED) is 0.183. The number of ether oxygens (including phenoxy) is 1. The van der Waals surface area contributed by atoms with Gasteiger partial charge in [-0.05, 0) is 0 Å². The molecular formula is C4H6Li2O5. The molecule has 0 radical (unpaired) electrons. The van der Waals surface area contributed by atoms with Crippen molar-refractivity contribution in [1.29, 1.82) is 0 Å². The van der Waals surface area contributed by atoms with Gasteiger partial charge in [-0.2, -0.15) is 0 Å². The van der Waals surface area contributed by atoms with E-state index in [0.29, 0.717) is 0 Å². The van der Waals surface area contributed by atoms with Crippen LogP contribution in [0.4, 0.5) is 0 Å². The maximum absolute atomic E-state index is 9.91. The molecule has 0 amide bonds. The molecule has 0 aromatic carbocycles. The van der Waals surface area contributed by atoms with Crippen LogP contribution in [0.15, 0.2) is 0 Å². The molecule has 0 heterocycles. The minimum atomic E-state index is -1.77. The summed E-state index contributed by atoms with van der Waals surface area (Å²) in [5.41, 5.74) is 0. The van der Waals surface area contributed by atoms with Crippen LogP contribution in [-0.2, 0) is 19.1 Å². The molecule has 0 aromatic rings. The molecule has 0 unspecified atom stereocenters. The third-order valence-electron chi connectivity index (χ3n) is 0.411. The molecule has 0 rings (SSSR count). The molecule has 0 aliphatic rings. The van der Waals surface area contributed by atoms with E-state index in [0.717, 1.165) is 6.92 Å². The molecule has 0 aliphatic carbocycles. The molecule has 7 heteroatoms. The van der Waals surface area contributed by atoms with Gasteiger partial charge in [-0.15, -0.1) is 0 Å². The van der Waals surface area contributed by atoms with Crippen molar-refractivity contribution < 1.29 is 24.2 Å². The Kier molecular flexibility index (Phi) is 12.3. The number of hydrogen-bond donors (Lipinski definition) is 1. The van der Waals surface area contributed by atoms with Crippen LogP contribution in [0.1, 0.15) is 6.92 Å². The number of rotatable bonds is 0. The van der Waals surface area contributed by atoms with Gasteiger partial charge >= 0.3 is 55.6 Å². The van der Waals surface area contributed by atoms with E-state index in [9.17, 15) is 14.4 Å². The Hall–Kier alpha value is -0.195. The number of esters is 2. The zero-order valence-corrected chi connectivity index (χ0v) is 4.58. The Bertz CT molecular complexity index is 166. The van der Waals surface area contributed by atoms with Crippen molar-refractivity contribution >= 4 is 55.6 Å². The minimum absolute atomic E-state index is 0. The van der Waals surface area contributed by atoms with Crippen LogP contribution in [-0.4, -0.2) is 60.7 Å². The average molecular weight is 148 g/mol. The Morgan fingerprint density at radius 3 is 1.64 bits per heavy atom. The van der Waals surface area contributed by atoms with Crippen LogP contribution in [0.2, 0.25) is 0 Å². The zero-order chi connectivity index (χ0) is 7.44. The van der Waals surface area contributed by atoms with Crippen LogP contribution in [0.5, 0.6) is 0 Å². The molecule has 5 nitrogen and oxygen atoms in total. The molecule has 0 aliphatic heterocycles. The third-order valence-corrected chi connectivity index (χ3v) is 0.411. The van der Waals surface area contributed by atoms with E-state index < -0.39 is 17.9 Å². The van der Waals surface area contributed by atoms with E-state index in [1.54, 1.807) is 0 Å². The first-order chi connectivity index (χ1) is 4.04. The zero-order valence-electron chi connectivity index (χ0n) is 4.58. The summed E-state index contributed by atoms with van der Waals surface area (Å²) >= 11 is 0. The summed E-state index contributed by atoms with van der Waals surface area (Å²) in [5, 5.41) is 7.80. The maximum atomic E-state index is 9.91. The number of aliphatic carboxylic acids is 1. The number of carboxylic acid groups (broad SMARTS) is 1. The van der Waals surface area contributed by atoms with E-state index in [1.165, 1.54) is 0 Å². The second-order valence-electron chi connectivity index (χ2n) is 1.19. The van der Waals surface area contributed by atoms with Gasteiger partial charge in [0.2, 0.25) is 0 Å². The first kappa shape index (κ1) is 17.1. The second-order valence-corrected chi connectivity index (χ2v) is 1.19. The Labute approximate surface area is 86.8 Å². The summed E-state index contributed by atoms with van der Waals surface area (Å²) in [6, 6.07) is 0. The molecule has 0 fully saturated rings. The summed E-state index contributed by atoms with van der Waals surface area (Å²) < 4.78 is 3.63. The Morgan fingerprint density at radius 1 is 1.18 bits per heavy atom. The van der Waals surface area contributed by atoms with Crippen molar-refractivity contribution in [1.82, 2.24) is 0 Å². The number of carboxylic acids is 1. The predicted molar refractivity (Wildman–Crippen MR) is 38.7 cm³/mol. The van der Waals surface area contributed by atoms with Crippen LogP contribution >= 0.6 is 0 Å². The van der Waals surface area contributed by atoms with Gasteiger partial charge in [-0.25, -0.2) is 9.59 Å². The molecule has 0 saturated carbocycles. The third kappa shape index (κ3) is 9.80. The van der Waals surface area contributed by atoms with Crippen molar-refractivity contribution in [3.63, 3.8) is 0 Å². The van der Waals surface area contributed by atoms with Gasteiger partial charge in [0, 0.05) is 6.92 Å². The summed E-state index contributed by atoms with van der Waals surface area (Å²) in [6.45, 7) is 0.945. The van der Waals surface area contributed by atoms with E-state index >= 15 is 0 Å². The molecular weight excluding hydrogens is 142 g/mol. The predicted octanol–water partition coefficient (Wildman–Crippen LogP) is -2.14. The molecule has 54 valence electrons. The summed E-state index contributed by atoms with van der Waals surface area (Å²) in [6.07, 6.45) is 0. The van der Waals surface area contributed by atoms with Gasteiger partial charge in [0.05, 0.1) is 0 Å². The summed E-state index contributed by atoms with van der Waals surface area (Å²) in [4.78, 5) is 29.4. The first-order valence-electron chi connectivity index (χ1n) is 1.99. The Morgan fingerprint density at radius 2 is 1.55 bits per heavy atom. The molecule has 11 heavy (non-hydrogen) atoms. The van der Waals surface area contributed by atoms with E-state index in [4.69, 9.17) is 5.11 Å². The fourth-order valence-electron chi connectivity index (χ4n) is 0.174. The van der Waals surface area contributed by atoms with Crippen LogP contribution < -0.4 is 0 Å². The van der Waals surface area contributed by atoms with Crippen molar-refractivity contribution in [2.75, 3.05) is 0 Å². The molecule has 0 spiro atoms. The van der Waals surface area contributed by atoms with Gasteiger partial charge in [0.15, 0.2) is 0 Å². The standard InChI is InChI=1S/C4H4O5.2Li.2H/c1-2(5)9-4(8)3(6)7;;;;/h1H3,(H,6,7);;;;. The van der Waals surface area contributed by atoms with Gasteiger partial charge in [0.1, 0.15) is 0 Å². The fourth-order valence-corrected chi connectivity index (χ4v) is 0.174. The second kappa shape index (κ2) is 7.91. The van der Waals surface area contributed by atoms with E-state index in [-0.39, 0.29) is 37.7 Å². The summed E-state index contributed by atoms with van der Waals surface area (Å²) in [7, 11) is 0. The normalized spacial score (nSPS) is 6.64. The Balaban J connectivity index is -0.000000320. The monoisotopic (exact) mass is 148 g/mol. The van der Waals surface area contributed by atoms with Crippen molar-refractivity contribution in [2.45, 2.75) is 6.92 Å². The average Bonchev–Trinajstić information content (AvgIpc) is 1.63. The molecule has 1 N–H and O–H groups in total. The molecule has 0 aromatic heterocycles. The van der Waals surface area contributed by atoms with Crippen molar-refractivity contribution in [3.8, 4) is 0 Å². The van der Waals surface area contributed by atoms with Crippen LogP contribution in [0.25, 0.3) is 0 Å². The number of hydrogen-bond acceptors (Lipinski definition) is 4. The number of carbonyl (C=O) groups excluding carboxylic acids is 2. The van der Waals surface area contributed by atoms with Crippen LogP contribution in [0.3, 0.4) is 0 Å². The SMILES string of the molecule is CC(=O)OC(=O)C(=O)O.[LiH].[LiH]. The van der Waals surface area contributed by atoms with Gasteiger partial charge in [-0.3, -0.25) is 4.79 Å². The van der Waals surface area contributed by atoms with Crippen LogP contribution in [0, 0.1) is 0 Å². The molecule has 0 bridgehead atoms. The van der Waals surface area contributed by atoms with Gasteiger partial charge < -0.3 is 9.84 Å². The van der Waals surface area contributed by atoms with E-state index in [1.807, 2.05) is 0 Å². The number of carbonyl (C=O) groups is 3. The topological polar surface area (TPSA) is 80.7 Å².